The lowest BCUT2D eigenvalue weighted by atomic mass is 10.2. The maximum Gasteiger partial charge on any atom is 0.243 e. The van der Waals surface area contributed by atoms with E-state index in [-0.39, 0.29) is 11.4 Å². The fourth-order valence-corrected chi connectivity index (χ4v) is 3.43. The molecular formula is C18H22N2O6S. The van der Waals surface area contributed by atoms with Gasteiger partial charge in [-0.1, -0.05) is 0 Å². The number of nitrogens with zero attached hydrogens (tertiary/aromatic N) is 1. The molecule has 0 aliphatic heterocycles. The van der Waals surface area contributed by atoms with Crippen molar-refractivity contribution >= 4 is 21.6 Å². The second kappa shape index (κ2) is 8.74. The highest BCUT2D eigenvalue weighted by Crippen LogP contribution is 2.29. The minimum absolute atomic E-state index is 0.0700. The van der Waals surface area contributed by atoms with Crippen LogP contribution < -0.4 is 19.5 Å². The van der Waals surface area contributed by atoms with Gasteiger partial charge in [-0.15, -0.1) is 0 Å². The number of hydrogen-bond donors (Lipinski definition) is 1. The molecule has 8 nitrogen and oxygen atoms in total. The van der Waals surface area contributed by atoms with Crippen LogP contribution in [0.5, 0.6) is 17.2 Å². The van der Waals surface area contributed by atoms with Gasteiger partial charge in [0.2, 0.25) is 15.9 Å². The number of nitrogens with one attached hydrogen (secondary N) is 1. The van der Waals surface area contributed by atoms with Gasteiger partial charge in [0.25, 0.3) is 0 Å². The summed E-state index contributed by atoms with van der Waals surface area (Å²) in [5.74, 6) is 1.02. The number of amides is 1. The van der Waals surface area contributed by atoms with Crippen LogP contribution in [0.25, 0.3) is 0 Å². The Hall–Kier alpha value is -2.78. The van der Waals surface area contributed by atoms with Gasteiger partial charge in [0, 0.05) is 13.1 Å². The summed E-state index contributed by atoms with van der Waals surface area (Å²) < 4.78 is 41.5. The Labute approximate surface area is 158 Å². The van der Waals surface area contributed by atoms with Crippen molar-refractivity contribution in [1.29, 1.82) is 0 Å². The first-order valence-corrected chi connectivity index (χ1v) is 9.38. The molecule has 0 bridgehead atoms. The third-order valence-corrected chi connectivity index (χ3v) is 5.63. The number of likely N-dealkylation sites (N-methyl/N-ethyl adjacent to an activating group) is 1. The summed E-state index contributed by atoms with van der Waals surface area (Å²) in [7, 11) is 2.00. The number of carbonyl (C=O) groups excluding carboxylic acids is 1. The molecule has 1 N–H and O–H groups in total. The molecular weight excluding hydrogens is 372 g/mol. The second-order valence-electron chi connectivity index (χ2n) is 5.55. The normalized spacial score (nSPS) is 11.1. The fraction of sp³-hybridized carbons (Fsp3) is 0.278. The zero-order valence-corrected chi connectivity index (χ0v) is 16.4. The molecule has 0 atom stereocenters. The molecule has 0 unspecified atom stereocenters. The lowest BCUT2D eigenvalue weighted by molar-refractivity contribution is -0.116. The molecule has 146 valence electrons. The molecule has 0 saturated heterocycles. The van der Waals surface area contributed by atoms with Crippen LogP contribution in [0, 0.1) is 0 Å². The van der Waals surface area contributed by atoms with E-state index < -0.39 is 15.9 Å². The topological polar surface area (TPSA) is 94.2 Å². The number of hydrogen-bond acceptors (Lipinski definition) is 6. The van der Waals surface area contributed by atoms with Crippen molar-refractivity contribution < 1.29 is 27.4 Å². The number of rotatable bonds is 8. The predicted molar refractivity (Wildman–Crippen MR) is 101 cm³/mol. The zero-order chi connectivity index (χ0) is 20.0. The summed E-state index contributed by atoms with van der Waals surface area (Å²) in [6, 6.07) is 10.8. The number of benzene rings is 2. The van der Waals surface area contributed by atoms with Crippen molar-refractivity contribution in [3.05, 3.63) is 42.5 Å². The van der Waals surface area contributed by atoms with Crippen LogP contribution in [-0.2, 0) is 14.8 Å². The first-order valence-electron chi connectivity index (χ1n) is 7.94. The van der Waals surface area contributed by atoms with E-state index in [0.29, 0.717) is 22.9 Å². The van der Waals surface area contributed by atoms with E-state index in [1.807, 2.05) is 0 Å². The lowest BCUT2D eigenvalue weighted by Crippen LogP contribution is -2.35. The summed E-state index contributed by atoms with van der Waals surface area (Å²) in [5, 5.41) is 2.64. The maximum atomic E-state index is 12.6. The van der Waals surface area contributed by atoms with Crippen molar-refractivity contribution in [1.82, 2.24) is 4.31 Å². The molecule has 0 heterocycles. The number of anilines is 1. The van der Waals surface area contributed by atoms with Gasteiger partial charge in [0.15, 0.2) is 0 Å². The minimum Gasteiger partial charge on any atom is -0.497 e. The van der Waals surface area contributed by atoms with E-state index in [2.05, 4.69) is 5.32 Å². The first-order chi connectivity index (χ1) is 12.8. The van der Waals surface area contributed by atoms with Gasteiger partial charge in [0.1, 0.15) is 17.2 Å². The van der Waals surface area contributed by atoms with Crippen LogP contribution in [0.1, 0.15) is 0 Å². The Kier molecular flexibility index (Phi) is 6.65. The molecule has 0 radical (unpaired) electrons. The molecule has 0 fully saturated rings. The van der Waals surface area contributed by atoms with Crippen molar-refractivity contribution in [2.75, 3.05) is 40.2 Å². The van der Waals surface area contributed by atoms with Gasteiger partial charge in [-0.05, 0) is 36.4 Å². The summed E-state index contributed by atoms with van der Waals surface area (Å²) in [4.78, 5) is 12.4. The van der Waals surface area contributed by atoms with E-state index in [1.54, 1.807) is 30.3 Å². The monoisotopic (exact) mass is 394 g/mol. The lowest BCUT2D eigenvalue weighted by Gasteiger charge is -2.18. The number of methoxy groups -OCH3 is 3. The Balaban J connectivity index is 2.10. The third-order valence-electron chi connectivity index (χ3n) is 3.82. The molecule has 0 saturated carbocycles. The van der Waals surface area contributed by atoms with Gasteiger partial charge in [0.05, 0.1) is 38.5 Å². The Morgan fingerprint density at radius 1 is 0.963 bits per heavy atom. The van der Waals surface area contributed by atoms with Crippen LogP contribution in [0.3, 0.4) is 0 Å². The van der Waals surface area contributed by atoms with Crippen molar-refractivity contribution in [2.24, 2.45) is 0 Å². The molecule has 0 aromatic heterocycles. The van der Waals surface area contributed by atoms with Gasteiger partial charge < -0.3 is 19.5 Å². The highest BCUT2D eigenvalue weighted by Gasteiger charge is 2.23. The van der Waals surface area contributed by atoms with E-state index in [0.717, 1.165) is 4.31 Å². The molecule has 2 aromatic carbocycles. The van der Waals surface area contributed by atoms with E-state index in [1.165, 1.54) is 40.5 Å². The number of carbonyl (C=O) groups is 1. The van der Waals surface area contributed by atoms with Crippen LogP contribution in [0.4, 0.5) is 5.69 Å². The fourth-order valence-electron chi connectivity index (χ4n) is 2.31. The highest BCUT2D eigenvalue weighted by molar-refractivity contribution is 7.89. The standard InChI is InChI=1S/C18H22N2O6S/c1-20(27(22,23)15-8-5-13(24-2)6-9-15)12-18(21)19-16-10-7-14(25-3)11-17(16)26-4/h5-11H,12H2,1-4H3,(H,19,21). The van der Waals surface area contributed by atoms with Gasteiger partial charge in [-0.2, -0.15) is 4.31 Å². The largest absolute Gasteiger partial charge is 0.497 e. The molecule has 2 rings (SSSR count). The van der Waals surface area contributed by atoms with Gasteiger partial charge >= 0.3 is 0 Å². The van der Waals surface area contributed by atoms with Crippen LogP contribution in [0.15, 0.2) is 47.4 Å². The highest BCUT2D eigenvalue weighted by atomic mass is 32.2. The predicted octanol–water partition coefficient (Wildman–Crippen LogP) is 1.97. The average molecular weight is 394 g/mol. The SMILES string of the molecule is COc1ccc(S(=O)(=O)N(C)CC(=O)Nc2ccc(OC)cc2OC)cc1. The Bertz CT molecular complexity index is 897. The van der Waals surface area contributed by atoms with E-state index in [4.69, 9.17) is 14.2 Å². The molecule has 0 aliphatic rings. The molecule has 9 heteroatoms. The minimum atomic E-state index is -3.81. The zero-order valence-electron chi connectivity index (χ0n) is 15.6. The maximum absolute atomic E-state index is 12.6. The second-order valence-corrected chi connectivity index (χ2v) is 7.60. The van der Waals surface area contributed by atoms with Crippen molar-refractivity contribution in [3.8, 4) is 17.2 Å². The first kappa shape index (κ1) is 20.5. The summed E-state index contributed by atoms with van der Waals surface area (Å²) in [6.07, 6.45) is 0. The van der Waals surface area contributed by atoms with Crippen molar-refractivity contribution in [2.45, 2.75) is 4.90 Å². The summed E-state index contributed by atoms with van der Waals surface area (Å²) in [6.45, 7) is -0.358. The summed E-state index contributed by atoms with van der Waals surface area (Å²) in [5.41, 5.74) is 0.415. The molecule has 2 aromatic rings. The summed E-state index contributed by atoms with van der Waals surface area (Å²) >= 11 is 0. The smallest absolute Gasteiger partial charge is 0.243 e. The molecule has 1 amide bonds. The quantitative estimate of drug-likeness (QED) is 0.736. The molecule has 27 heavy (non-hydrogen) atoms. The third kappa shape index (κ3) is 4.89. The van der Waals surface area contributed by atoms with Gasteiger partial charge in [-0.25, -0.2) is 8.42 Å². The van der Waals surface area contributed by atoms with Crippen LogP contribution in [0.2, 0.25) is 0 Å². The van der Waals surface area contributed by atoms with Crippen molar-refractivity contribution in [3.63, 3.8) is 0 Å². The average Bonchev–Trinajstić information content (AvgIpc) is 2.68. The van der Waals surface area contributed by atoms with Crippen LogP contribution >= 0.6 is 0 Å². The Morgan fingerprint density at radius 3 is 2.11 bits per heavy atom. The van der Waals surface area contributed by atoms with E-state index in [9.17, 15) is 13.2 Å². The number of ether oxygens (including phenoxy) is 3. The van der Waals surface area contributed by atoms with Crippen LogP contribution in [-0.4, -0.2) is 53.6 Å². The van der Waals surface area contributed by atoms with Gasteiger partial charge in [-0.3, -0.25) is 4.79 Å². The Morgan fingerprint density at radius 2 is 1.56 bits per heavy atom. The number of sulfonamides is 1. The van der Waals surface area contributed by atoms with E-state index >= 15 is 0 Å². The molecule has 0 spiro atoms. The molecule has 0 aliphatic carbocycles.